The number of hydrogen-bond donors (Lipinski definition) is 6. The summed E-state index contributed by atoms with van der Waals surface area (Å²) < 4.78 is 11.3. The minimum absolute atomic E-state index is 0.190. The molecule has 1 amide bonds. The number of unbranched alkanes of at least 4 members (excludes halogenated alkanes) is 33. The number of carbonyl (C=O) groups is 1. The van der Waals surface area contributed by atoms with E-state index in [0.29, 0.717) is 6.42 Å². The standard InChI is InChI=1S/C62H113NO8/c1-3-5-7-9-11-13-15-17-19-21-23-24-25-26-27-28-29-30-31-32-34-35-37-39-41-43-45-47-49-51-56(65)55(54-70-62-61(69)60(68)59(67)57(53-64)71-62)63-58(66)52-50-48-46-44-42-40-38-36-33-22-20-18-16-14-12-10-8-6-4-2/h6,8,12,14,18,20,33,36,49,51,55-57,59-62,64-65,67-69H,3-5,7,9-11,13,15-17,19,21-32,34-35,37-48,50,52-54H2,1-2H3,(H,63,66)/b8-6-,14-12-,20-18-,36-33-,51-49+. The van der Waals surface area contributed by atoms with Crippen LogP contribution in [0.15, 0.2) is 60.8 Å². The van der Waals surface area contributed by atoms with Crippen LogP contribution in [0.4, 0.5) is 0 Å². The van der Waals surface area contributed by atoms with Gasteiger partial charge in [-0.25, -0.2) is 0 Å². The maximum absolute atomic E-state index is 13.0. The van der Waals surface area contributed by atoms with Gasteiger partial charge in [0.2, 0.25) is 5.91 Å². The van der Waals surface area contributed by atoms with Gasteiger partial charge in [0.05, 0.1) is 25.4 Å². The van der Waals surface area contributed by atoms with Gasteiger partial charge in [0.1, 0.15) is 24.4 Å². The van der Waals surface area contributed by atoms with Crippen molar-refractivity contribution in [3.8, 4) is 0 Å². The Labute approximate surface area is 436 Å². The van der Waals surface area contributed by atoms with Crippen LogP contribution in [-0.4, -0.2) is 87.5 Å². The predicted molar refractivity (Wildman–Crippen MR) is 299 cm³/mol. The first-order valence-corrected chi connectivity index (χ1v) is 30.0. The van der Waals surface area contributed by atoms with E-state index in [1.807, 2.05) is 6.08 Å². The molecule has 7 unspecified atom stereocenters. The Morgan fingerprint density at radius 3 is 1.30 bits per heavy atom. The van der Waals surface area contributed by atoms with E-state index in [1.54, 1.807) is 6.08 Å². The Morgan fingerprint density at radius 1 is 0.493 bits per heavy atom. The second kappa shape index (κ2) is 51.4. The van der Waals surface area contributed by atoms with Crippen molar-refractivity contribution in [2.24, 2.45) is 0 Å². The molecular weight excluding hydrogens is 887 g/mol. The van der Waals surface area contributed by atoms with Crippen LogP contribution in [0, 0.1) is 0 Å². The van der Waals surface area contributed by atoms with Gasteiger partial charge in [0.25, 0.3) is 0 Å². The Bertz CT molecular complexity index is 1300. The SMILES string of the molecule is CC/C=C\C/C=C\C/C=C\C/C=C\CCCCCCCCC(=O)NC(COC1OC(CO)C(O)C(O)C1O)C(O)/C=C/CCCCCCCCCCCCCCCCCCCCCCCCCCCCC. The van der Waals surface area contributed by atoms with E-state index >= 15 is 0 Å². The highest BCUT2D eigenvalue weighted by molar-refractivity contribution is 5.76. The van der Waals surface area contributed by atoms with E-state index in [2.05, 4.69) is 67.8 Å². The number of rotatable bonds is 51. The monoisotopic (exact) mass is 1000 g/mol. The summed E-state index contributed by atoms with van der Waals surface area (Å²) in [7, 11) is 0. The third kappa shape index (κ3) is 40.9. The summed E-state index contributed by atoms with van der Waals surface area (Å²) in [5.41, 5.74) is 0. The molecule has 0 bridgehead atoms. The molecule has 0 spiro atoms. The molecular formula is C62H113NO8. The van der Waals surface area contributed by atoms with Gasteiger partial charge in [-0.3, -0.25) is 4.79 Å². The molecule has 0 aliphatic carbocycles. The third-order valence-electron chi connectivity index (χ3n) is 14.1. The number of carbonyl (C=O) groups excluding carboxylic acids is 1. The molecule has 9 heteroatoms. The summed E-state index contributed by atoms with van der Waals surface area (Å²) in [6, 6.07) is -0.816. The number of ether oxygens (including phenoxy) is 2. The van der Waals surface area contributed by atoms with Crippen molar-refractivity contribution in [3.05, 3.63) is 60.8 Å². The number of nitrogens with one attached hydrogen (secondary N) is 1. The van der Waals surface area contributed by atoms with Crippen molar-refractivity contribution >= 4 is 5.91 Å². The maximum Gasteiger partial charge on any atom is 0.220 e. The van der Waals surface area contributed by atoms with E-state index in [1.165, 1.54) is 167 Å². The third-order valence-corrected chi connectivity index (χ3v) is 14.1. The second-order valence-corrected chi connectivity index (χ2v) is 20.8. The quantitative estimate of drug-likeness (QED) is 0.0261. The first-order valence-electron chi connectivity index (χ1n) is 30.0. The van der Waals surface area contributed by atoms with E-state index in [-0.39, 0.29) is 12.5 Å². The molecule has 1 fully saturated rings. The highest BCUT2D eigenvalue weighted by Gasteiger charge is 2.44. The average molecular weight is 1000 g/mol. The summed E-state index contributed by atoms with van der Waals surface area (Å²) in [6.45, 7) is 3.68. The summed E-state index contributed by atoms with van der Waals surface area (Å²) in [4.78, 5) is 13.0. The van der Waals surface area contributed by atoms with E-state index in [0.717, 1.165) is 83.5 Å². The molecule has 1 saturated heterocycles. The molecule has 6 N–H and O–H groups in total. The zero-order chi connectivity index (χ0) is 51.5. The topological polar surface area (TPSA) is 149 Å². The molecule has 7 atom stereocenters. The number of aliphatic hydroxyl groups is 5. The first kappa shape index (κ1) is 66.9. The molecule has 0 aromatic heterocycles. The second-order valence-electron chi connectivity index (χ2n) is 20.8. The fourth-order valence-corrected chi connectivity index (χ4v) is 9.39. The van der Waals surface area contributed by atoms with Crippen LogP contribution >= 0.6 is 0 Å². The van der Waals surface area contributed by atoms with E-state index in [9.17, 15) is 30.3 Å². The molecule has 1 aliphatic heterocycles. The van der Waals surface area contributed by atoms with Crippen LogP contribution in [0.25, 0.3) is 0 Å². The van der Waals surface area contributed by atoms with Gasteiger partial charge in [-0.2, -0.15) is 0 Å². The highest BCUT2D eigenvalue weighted by atomic mass is 16.7. The molecule has 0 radical (unpaired) electrons. The Balaban J connectivity index is 2.20. The maximum atomic E-state index is 13.0. The van der Waals surface area contributed by atoms with Gasteiger partial charge in [0.15, 0.2) is 6.29 Å². The lowest BCUT2D eigenvalue weighted by molar-refractivity contribution is -0.302. The van der Waals surface area contributed by atoms with Gasteiger partial charge in [-0.05, 0) is 57.8 Å². The smallest absolute Gasteiger partial charge is 0.220 e. The summed E-state index contributed by atoms with van der Waals surface area (Å²) in [5.74, 6) is -0.190. The van der Waals surface area contributed by atoms with Crippen molar-refractivity contribution in [2.45, 2.75) is 314 Å². The van der Waals surface area contributed by atoms with Crippen molar-refractivity contribution < 1.29 is 39.8 Å². The molecule has 1 aliphatic rings. The van der Waals surface area contributed by atoms with Crippen molar-refractivity contribution in [1.29, 1.82) is 0 Å². The lowest BCUT2D eigenvalue weighted by Gasteiger charge is -2.40. The van der Waals surface area contributed by atoms with Gasteiger partial charge >= 0.3 is 0 Å². The summed E-state index contributed by atoms with van der Waals surface area (Å²) in [5, 5.41) is 54.5. The zero-order valence-corrected chi connectivity index (χ0v) is 46.0. The summed E-state index contributed by atoms with van der Waals surface area (Å²) >= 11 is 0. The molecule has 0 saturated carbocycles. The zero-order valence-electron chi connectivity index (χ0n) is 46.0. The predicted octanol–water partition coefficient (Wildman–Crippen LogP) is 15.1. The van der Waals surface area contributed by atoms with Crippen LogP contribution in [0.2, 0.25) is 0 Å². The molecule has 0 aromatic rings. The van der Waals surface area contributed by atoms with Crippen LogP contribution in [0.3, 0.4) is 0 Å². The molecule has 1 rings (SSSR count). The van der Waals surface area contributed by atoms with Crippen LogP contribution < -0.4 is 5.32 Å². The highest BCUT2D eigenvalue weighted by Crippen LogP contribution is 2.23. The lowest BCUT2D eigenvalue weighted by atomic mass is 9.99. The van der Waals surface area contributed by atoms with Gasteiger partial charge in [0, 0.05) is 6.42 Å². The fourth-order valence-electron chi connectivity index (χ4n) is 9.39. The van der Waals surface area contributed by atoms with Gasteiger partial charge in [-0.1, -0.05) is 267 Å². The average Bonchev–Trinajstić information content (AvgIpc) is 3.37. The molecule has 71 heavy (non-hydrogen) atoms. The molecule has 0 aromatic carbocycles. The lowest BCUT2D eigenvalue weighted by Crippen LogP contribution is -2.60. The Hall–Kier alpha value is -2.11. The normalized spacial score (nSPS) is 19.7. The summed E-state index contributed by atoms with van der Waals surface area (Å²) in [6.07, 6.45) is 63.0. The molecule has 414 valence electrons. The molecule has 9 nitrogen and oxygen atoms in total. The number of hydrogen-bond acceptors (Lipinski definition) is 8. The van der Waals surface area contributed by atoms with E-state index < -0.39 is 49.5 Å². The van der Waals surface area contributed by atoms with Crippen LogP contribution in [0.5, 0.6) is 0 Å². The number of amides is 1. The van der Waals surface area contributed by atoms with Gasteiger partial charge < -0.3 is 40.3 Å². The van der Waals surface area contributed by atoms with Crippen LogP contribution in [0.1, 0.15) is 271 Å². The van der Waals surface area contributed by atoms with Crippen molar-refractivity contribution in [3.63, 3.8) is 0 Å². The van der Waals surface area contributed by atoms with Crippen LogP contribution in [-0.2, 0) is 14.3 Å². The van der Waals surface area contributed by atoms with Crippen molar-refractivity contribution in [2.75, 3.05) is 13.2 Å². The van der Waals surface area contributed by atoms with Crippen molar-refractivity contribution in [1.82, 2.24) is 5.32 Å². The number of aliphatic hydroxyl groups excluding tert-OH is 5. The first-order chi connectivity index (χ1) is 34.8. The fraction of sp³-hybridized carbons (Fsp3) is 0.823. The minimum atomic E-state index is -1.57. The van der Waals surface area contributed by atoms with Gasteiger partial charge in [-0.15, -0.1) is 0 Å². The largest absolute Gasteiger partial charge is 0.394 e. The van der Waals surface area contributed by atoms with E-state index in [4.69, 9.17) is 9.47 Å². The number of allylic oxidation sites excluding steroid dienone is 9. The minimum Gasteiger partial charge on any atom is -0.394 e. The Kier molecular flexibility index (Phi) is 48.4. The Morgan fingerprint density at radius 2 is 0.873 bits per heavy atom. The molecule has 1 heterocycles.